The summed E-state index contributed by atoms with van der Waals surface area (Å²) in [5.41, 5.74) is 2.54. The summed E-state index contributed by atoms with van der Waals surface area (Å²) in [6.45, 7) is 5.77. The fourth-order valence-electron chi connectivity index (χ4n) is 2.41. The molecule has 1 fully saturated rings. The van der Waals surface area contributed by atoms with Gasteiger partial charge < -0.3 is 15.5 Å². The zero-order chi connectivity index (χ0) is 14.5. The summed E-state index contributed by atoms with van der Waals surface area (Å²) in [4.78, 5) is 7.01. The minimum Gasteiger partial charge on any atom is -0.364 e. The summed E-state index contributed by atoms with van der Waals surface area (Å²) in [6.07, 6.45) is 6.96. The van der Waals surface area contributed by atoms with E-state index in [9.17, 15) is 0 Å². The highest BCUT2D eigenvalue weighted by Crippen LogP contribution is 2.19. The van der Waals surface area contributed by atoms with Crippen LogP contribution in [0.5, 0.6) is 0 Å². The third-order valence-electron chi connectivity index (χ3n) is 3.80. The van der Waals surface area contributed by atoms with Crippen molar-refractivity contribution in [1.82, 2.24) is 10.6 Å². The number of guanidine groups is 1. The van der Waals surface area contributed by atoms with E-state index < -0.39 is 0 Å². The molecule has 2 N–H and O–H groups in total. The first kappa shape index (κ1) is 17.1. The highest BCUT2D eigenvalue weighted by Gasteiger charge is 2.21. The van der Waals surface area contributed by atoms with Gasteiger partial charge in [0.25, 0.3) is 0 Å². The molecular formula is C17H25IN4. The maximum atomic E-state index is 4.66. The molecular weight excluding hydrogens is 387 g/mol. The van der Waals surface area contributed by atoms with Gasteiger partial charge in [-0.3, -0.25) is 0 Å². The highest BCUT2D eigenvalue weighted by molar-refractivity contribution is 14.0. The summed E-state index contributed by atoms with van der Waals surface area (Å²) in [6, 6.07) is 9.38. The molecule has 0 bridgehead atoms. The molecule has 1 heterocycles. The summed E-state index contributed by atoms with van der Waals surface area (Å²) in [5, 5.41) is 6.74. The zero-order valence-electron chi connectivity index (χ0n) is 13.1. The van der Waals surface area contributed by atoms with Gasteiger partial charge in [0.05, 0.1) is 6.54 Å². The Kier molecular flexibility index (Phi) is 6.54. The van der Waals surface area contributed by atoms with E-state index in [-0.39, 0.29) is 24.0 Å². The predicted molar refractivity (Wildman–Crippen MR) is 104 cm³/mol. The largest absolute Gasteiger partial charge is 0.364 e. The predicted octanol–water partition coefficient (Wildman–Crippen LogP) is 2.90. The second-order valence-electron chi connectivity index (χ2n) is 5.66. The number of halogens is 1. The Bertz CT molecular complexity index is 512. The van der Waals surface area contributed by atoms with Crippen molar-refractivity contribution in [3.63, 3.8) is 0 Å². The zero-order valence-corrected chi connectivity index (χ0v) is 15.4. The molecule has 0 radical (unpaired) electrons. The first-order valence-corrected chi connectivity index (χ1v) is 7.89. The number of anilines is 1. The van der Waals surface area contributed by atoms with Crippen LogP contribution in [0.25, 0.3) is 0 Å². The van der Waals surface area contributed by atoms with Crippen molar-refractivity contribution in [3.8, 4) is 0 Å². The molecule has 1 aromatic carbocycles. The molecule has 1 aliphatic carbocycles. The number of benzene rings is 1. The second kappa shape index (κ2) is 8.41. The summed E-state index contributed by atoms with van der Waals surface area (Å²) < 4.78 is 0. The van der Waals surface area contributed by atoms with E-state index in [0.29, 0.717) is 6.04 Å². The summed E-state index contributed by atoms with van der Waals surface area (Å²) in [5.74, 6) is 0.938. The van der Waals surface area contributed by atoms with Gasteiger partial charge in [0.2, 0.25) is 0 Å². The average Bonchev–Trinajstić information content (AvgIpc) is 3.16. The van der Waals surface area contributed by atoms with Gasteiger partial charge in [0, 0.05) is 31.4 Å². The lowest BCUT2D eigenvalue weighted by molar-refractivity contribution is 0.812. The first-order chi connectivity index (χ1) is 10.3. The number of nitrogens with one attached hydrogen (secondary N) is 2. The standard InChI is InChI=1S/C17H24N4.HI/c1-2-18-17(20-15-7-8-15)19-13-14-5-9-16(10-6-14)21-11-3-4-12-21;/h3-6,9-10,15H,2,7-8,11-13H2,1H3,(H2,18,19,20);1H. The number of aliphatic imine (C=N–C) groups is 1. The van der Waals surface area contributed by atoms with Gasteiger partial charge in [-0.1, -0.05) is 24.3 Å². The van der Waals surface area contributed by atoms with Crippen LogP contribution in [0.1, 0.15) is 25.3 Å². The van der Waals surface area contributed by atoms with Crippen molar-refractivity contribution in [3.05, 3.63) is 42.0 Å². The van der Waals surface area contributed by atoms with Crippen molar-refractivity contribution < 1.29 is 0 Å². The van der Waals surface area contributed by atoms with Crippen LogP contribution in [0.4, 0.5) is 5.69 Å². The lowest BCUT2D eigenvalue weighted by Crippen LogP contribution is -2.38. The molecule has 1 aromatic rings. The van der Waals surface area contributed by atoms with E-state index in [1.54, 1.807) is 0 Å². The van der Waals surface area contributed by atoms with Crippen molar-refractivity contribution >= 4 is 35.6 Å². The van der Waals surface area contributed by atoms with E-state index in [0.717, 1.165) is 32.1 Å². The van der Waals surface area contributed by atoms with Crippen LogP contribution >= 0.6 is 24.0 Å². The molecule has 22 heavy (non-hydrogen) atoms. The maximum Gasteiger partial charge on any atom is 0.191 e. The normalized spacial score (nSPS) is 17.3. The third kappa shape index (κ3) is 4.90. The molecule has 1 aliphatic heterocycles. The molecule has 0 saturated heterocycles. The Labute approximate surface area is 150 Å². The van der Waals surface area contributed by atoms with E-state index in [4.69, 9.17) is 0 Å². The molecule has 1 saturated carbocycles. The van der Waals surface area contributed by atoms with Gasteiger partial charge in [-0.2, -0.15) is 0 Å². The Morgan fingerprint density at radius 2 is 1.86 bits per heavy atom. The third-order valence-corrected chi connectivity index (χ3v) is 3.80. The van der Waals surface area contributed by atoms with Crippen LogP contribution in [0.2, 0.25) is 0 Å². The summed E-state index contributed by atoms with van der Waals surface area (Å²) in [7, 11) is 0. The fraction of sp³-hybridized carbons (Fsp3) is 0.471. The van der Waals surface area contributed by atoms with Crippen LogP contribution in [-0.2, 0) is 6.54 Å². The number of hydrogen-bond acceptors (Lipinski definition) is 2. The SMILES string of the molecule is CCNC(=NCc1ccc(N2CC=CC2)cc1)NC1CC1.I. The monoisotopic (exact) mass is 412 g/mol. The number of rotatable bonds is 5. The lowest BCUT2D eigenvalue weighted by Gasteiger charge is -2.17. The van der Waals surface area contributed by atoms with Crippen LogP contribution in [-0.4, -0.2) is 31.6 Å². The topological polar surface area (TPSA) is 39.7 Å². The van der Waals surface area contributed by atoms with Gasteiger partial charge in [-0.15, -0.1) is 24.0 Å². The Balaban J connectivity index is 0.00000176. The summed E-state index contributed by atoms with van der Waals surface area (Å²) >= 11 is 0. The maximum absolute atomic E-state index is 4.66. The minimum atomic E-state index is 0. The highest BCUT2D eigenvalue weighted by atomic mass is 127. The van der Waals surface area contributed by atoms with Crippen molar-refractivity contribution in [2.45, 2.75) is 32.4 Å². The Morgan fingerprint density at radius 1 is 1.18 bits per heavy atom. The van der Waals surface area contributed by atoms with Crippen molar-refractivity contribution in [2.24, 2.45) is 4.99 Å². The average molecular weight is 412 g/mol. The van der Waals surface area contributed by atoms with Gasteiger partial charge in [0.15, 0.2) is 5.96 Å². The van der Waals surface area contributed by atoms with E-state index in [2.05, 4.69) is 63.9 Å². The van der Waals surface area contributed by atoms with Gasteiger partial charge >= 0.3 is 0 Å². The molecule has 0 aromatic heterocycles. The van der Waals surface area contributed by atoms with Crippen LogP contribution in [0.15, 0.2) is 41.4 Å². The molecule has 0 unspecified atom stereocenters. The second-order valence-corrected chi connectivity index (χ2v) is 5.66. The molecule has 5 heteroatoms. The van der Waals surface area contributed by atoms with Gasteiger partial charge in [0.1, 0.15) is 0 Å². The lowest BCUT2D eigenvalue weighted by atomic mass is 10.2. The fourth-order valence-corrected chi connectivity index (χ4v) is 2.41. The molecule has 0 atom stereocenters. The van der Waals surface area contributed by atoms with Crippen LogP contribution in [0.3, 0.4) is 0 Å². The smallest absolute Gasteiger partial charge is 0.191 e. The number of nitrogens with zero attached hydrogens (tertiary/aromatic N) is 2. The minimum absolute atomic E-state index is 0. The Hall–Kier alpha value is -1.24. The van der Waals surface area contributed by atoms with Crippen LogP contribution in [0, 0.1) is 0 Å². The van der Waals surface area contributed by atoms with E-state index in [1.807, 2.05) is 0 Å². The molecule has 3 rings (SSSR count). The van der Waals surface area contributed by atoms with Gasteiger partial charge in [-0.25, -0.2) is 4.99 Å². The van der Waals surface area contributed by atoms with E-state index >= 15 is 0 Å². The molecule has 0 spiro atoms. The first-order valence-electron chi connectivity index (χ1n) is 7.89. The molecule has 4 nitrogen and oxygen atoms in total. The molecule has 2 aliphatic rings. The number of hydrogen-bond donors (Lipinski definition) is 2. The Morgan fingerprint density at radius 3 is 2.45 bits per heavy atom. The van der Waals surface area contributed by atoms with E-state index in [1.165, 1.54) is 24.1 Å². The van der Waals surface area contributed by atoms with Crippen molar-refractivity contribution in [1.29, 1.82) is 0 Å². The van der Waals surface area contributed by atoms with Crippen LogP contribution < -0.4 is 15.5 Å². The molecule has 120 valence electrons. The quantitative estimate of drug-likeness (QED) is 0.338. The van der Waals surface area contributed by atoms with Gasteiger partial charge in [-0.05, 0) is 37.5 Å². The molecule has 0 amide bonds. The van der Waals surface area contributed by atoms with Crippen molar-refractivity contribution in [2.75, 3.05) is 24.5 Å².